The van der Waals surface area contributed by atoms with Gasteiger partial charge in [-0.2, -0.15) is 0 Å². The molecule has 0 nitrogen and oxygen atoms in total. The van der Waals surface area contributed by atoms with E-state index in [1.807, 2.05) is 0 Å². The SMILES string of the molecule is CC1C(C)C([Si](C)(C)C2CCCCC2)[C@H](C)C1C. The molecule has 0 aromatic rings. The van der Waals surface area contributed by atoms with Gasteiger partial charge in [0.05, 0.1) is 8.07 Å². The molecular weight excluding hydrogens is 232 g/mol. The Morgan fingerprint density at radius 3 is 1.56 bits per heavy atom. The minimum atomic E-state index is -1.08. The van der Waals surface area contributed by atoms with Gasteiger partial charge in [-0.3, -0.25) is 0 Å². The molecule has 0 radical (unpaired) electrons. The molecule has 0 saturated heterocycles. The zero-order valence-corrected chi connectivity index (χ0v) is 14.5. The van der Waals surface area contributed by atoms with Crippen LogP contribution in [0.25, 0.3) is 0 Å². The molecule has 0 bridgehead atoms. The first-order valence-corrected chi connectivity index (χ1v) is 11.5. The predicted octanol–water partition coefficient (Wildman–Crippen LogP) is 5.96. The van der Waals surface area contributed by atoms with E-state index in [2.05, 4.69) is 40.8 Å². The van der Waals surface area contributed by atoms with Gasteiger partial charge in [-0.1, -0.05) is 72.9 Å². The fraction of sp³-hybridized carbons (Fsp3) is 1.00. The maximum atomic E-state index is 2.73. The lowest BCUT2D eigenvalue weighted by Gasteiger charge is -2.44. The lowest BCUT2D eigenvalue weighted by atomic mass is 9.92. The molecule has 0 spiro atoms. The summed E-state index contributed by atoms with van der Waals surface area (Å²) in [5.41, 5.74) is 2.20. The lowest BCUT2D eigenvalue weighted by Crippen LogP contribution is -2.42. The van der Waals surface area contributed by atoms with Gasteiger partial charge in [0.25, 0.3) is 0 Å². The average molecular weight is 267 g/mol. The summed E-state index contributed by atoms with van der Waals surface area (Å²) in [5, 5.41) is 0. The van der Waals surface area contributed by atoms with Crippen molar-refractivity contribution in [2.75, 3.05) is 0 Å². The van der Waals surface area contributed by atoms with Crippen molar-refractivity contribution in [2.24, 2.45) is 23.7 Å². The van der Waals surface area contributed by atoms with Crippen LogP contribution in [0.1, 0.15) is 59.8 Å². The van der Waals surface area contributed by atoms with Crippen molar-refractivity contribution in [3.8, 4) is 0 Å². The normalized spacial score (nSPS) is 43.3. The second kappa shape index (κ2) is 5.30. The third kappa shape index (κ3) is 2.32. The molecule has 0 aliphatic heterocycles. The molecule has 2 rings (SSSR count). The van der Waals surface area contributed by atoms with Gasteiger partial charge in [0.15, 0.2) is 0 Å². The minimum absolute atomic E-state index is 0.945. The quantitative estimate of drug-likeness (QED) is 0.541. The van der Waals surface area contributed by atoms with E-state index in [1.165, 1.54) is 19.3 Å². The molecule has 0 amide bonds. The van der Waals surface area contributed by atoms with Crippen LogP contribution in [-0.4, -0.2) is 8.07 Å². The highest BCUT2D eigenvalue weighted by Gasteiger charge is 2.51. The van der Waals surface area contributed by atoms with E-state index in [1.54, 1.807) is 12.8 Å². The molecule has 0 N–H and O–H groups in total. The molecular formula is C17H34Si. The Kier molecular flexibility index (Phi) is 4.31. The maximum Gasteiger partial charge on any atom is 0.0541 e. The molecule has 1 heteroatoms. The second-order valence-electron chi connectivity index (χ2n) is 8.12. The molecule has 2 aliphatic rings. The Morgan fingerprint density at radius 1 is 0.667 bits per heavy atom. The molecule has 2 saturated carbocycles. The van der Waals surface area contributed by atoms with Crippen LogP contribution in [0.2, 0.25) is 24.2 Å². The van der Waals surface area contributed by atoms with Crippen LogP contribution in [0.4, 0.5) is 0 Å². The molecule has 4 unspecified atom stereocenters. The average Bonchev–Trinajstić information content (AvgIpc) is 2.55. The van der Waals surface area contributed by atoms with Crippen molar-refractivity contribution >= 4 is 8.07 Å². The van der Waals surface area contributed by atoms with Crippen molar-refractivity contribution in [3.05, 3.63) is 0 Å². The van der Waals surface area contributed by atoms with Gasteiger partial charge < -0.3 is 0 Å². The molecule has 0 heterocycles. The Balaban J connectivity index is 2.17. The molecule has 18 heavy (non-hydrogen) atoms. The van der Waals surface area contributed by atoms with Crippen molar-refractivity contribution in [2.45, 2.75) is 84.0 Å². The predicted molar refractivity (Wildman–Crippen MR) is 84.7 cm³/mol. The van der Waals surface area contributed by atoms with Gasteiger partial charge in [-0.05, 0) is 34.8 Å². The number of hydrogen-bond donors (Lipinski definition) is 0. The van der Waals surface area contributed by atoms with Crippen molar-refractivity contribution in [3.63, 3.8) is 0 Å². The summed E-state index contributed by atoms with van der Waals surface area (Å²) in [6, 6.07) is 0. The summed E-state index contributed by atoms with van der Waals surface area (Å²) in [7, 11) is -1.08. The summed E-state index contributed by atoms with van der Waals surface area (Å²) in [6.45, 7) is 15.6. The maximum absolute atomic E-state index is 2.73. The highest BCUT2D eigenvalue weighted by atomic mass is 28.3. The second-order valence-corrected chi connectivity index (χ2v) is 13.2. The highest BCUT2D eigenvalue weighted by Crippen LogP contribution is 2.57. The first kappa shape index (κ1) is 14.6. The van der Waals surface area contributed by atoms with E-state index in [-0.39, 0.29) is 0 Å². The van der Waals surface area contributed by atoms with Crippen LogP contribution in [0.3, 0.4) is 0 Å². The van der Waals surface area contributed by atoms with E-state index < -0.39 is 8.07 Å². The largest absolute Gasteiger partial charge is 0.0689 e. The zero-order chi connectivity index (χ0) is 13.5. The van der Waals surface area contributed by atoms with Gasteiger partial charge in [0.2, 0.25) is 0 Å². The molecule has 2 aliphatic carbocycles. The highest BCUT2D eigenvalue weighted by molar-refractivity contribution is 6.80. The topological polar surface area (TPSA) is 0 Å². The van der Waals surface area contributed by atoms with Crippen LogP contribution in [0, 0.1) is 23.7 Å². The number of rotatable bonds is 2. The Hall–Kier alpha value is 0.217. The Morgan fingerprint density at radius 2 is 1.11 bits per heavy atom. The standard InChI is InChI=1S/C17H34Si/c1-12-13(2)15(4)17(14(12)3)18(5,6)16-10-8-7-9-11-16/h12-17H,7-11H2,1-6H3/t12?,13?,14-,15?,17?/m1/s1. The Bertz CT molecular complexity index is 263. The smallest absolute Gasteiger partial charge is 0.0541 e. The molecule has 0 aromatic carbocycles. The van der Waals surface area contributed by atoms with Crippen LogP contribution in [0.5, 0.6) is 0 Å². The summed E-state index contributed by atoms with van der Waals surface area (Å²) >= 11 is 0. The monoisotopic (exact) mass is 266 g/mol. The van der Waals surface area contributed by atoms with Crippen LogP contribution >= 0.6 is 0 Å². The van der Waals surface area contributed by atoms with Gasteiger partial charge >= 0.3 is 0 Å². The first-order valence-electron chi connectivity index (χ1n) is 8.37. The number of hydrogen-bond acceptors (Lipinski definition) is 0. The van der Waals surface area contributed by atoms with Crippen LogP contribution in [-0.2, 0) is 0 Å². The van der Waals surface area contributed by atoms with E-state index >= 15 is 0 Å². The van der Waals surface area contributed by atoms with Crippen LogP contribution < -0.4 is 0 Å². The molecule has 0 aromatic heterocycles. The fourth-order valence-corrected chi connectivity index (χ4v) is 11.3. The third-order valence-electron chi connectivity index (χ3n) is 7.14. The van der Waals surface area contributed by atoms with Gasteiger partial charge in [0, 0.05) is 0 Å². The summed E-state index contributed by atoms with van der Waals surface area (Å²) in [5.74, 6) is 3.83. The summed E-state index contributed by atoms with van der Waals surface area (Å²) < 4.78 is 0. The van der Waals surface area contributed by atoms with Gasteiger partial charge in [0.1, 0.15) is 0 Å². The van der Waals surface area contributed by atoms with E-state index in [9.17, 15) is 0 Å². The Labute approximate surface area is 116 Å². The van der Waals surface area contributed by atoms with E-state index in [0.717, 1.165) is 34.8 Å². The molecule has 5 atom stereocenters. The minimum Gasteiger partial charge on any atom is -0.0689 e. The van der Waals surface area contributed by atoms with E-state index in [0.29, 0.717) is 0 Å². The zero-order valence-electron chi connectivity index (χ0n) is 13.5. The fourth-order valence-electron chi connectivity index (χ4n) is 5.56. The molecule has 106 valence electrons. The lowest BCUT2D eigenvalue weighted by molar-refractivity contribution is 0.352. The van der Waals surface area contributed by atoms with E-state index in [4.69, 9.17) is 0 Å². The van der Waals surface area contributed by atoms with Crippen molar-refractivity contribution in [1.82, 2.24) is 0 Å². The first-order chi connectivity index (χ1) is 8.37. The van der Waals surface area contributed by atoms with Crippen molar-refractivity contribution < 1.29 is 0 Å². The summed E-state index contributed by atoms with van der Waals surface area (Å²) in [6.07, 6.45) is 7.64. The van der Waals surface area contributed by atoms with Crippen LogP contribution in [0.15, 0.2) is 0 Å². The van der Waals surface area contributed by atoms with Gasteiger partial charge in [-0.15, -0.1) is 0 Å². The van der Waals surface area contributed by atoms with Gasteiger partial charge in [-0.25, -0.2) is 0 Å². The molecule has 2 fully saturated rings. The van der Waals surface area contributed by atoms with Crippen molar-refractivity contribution in [1.29, 1.82) is 0 Å². The summed E-state index contributed by atoms with van der Waals surface area (Å²) in [4.78, 5) is 0. The third-order valence-corrected chi connectivity index (χ3v) is 12.6.